The van der Waals surface area contributed by atoms with Crippen molar-refractivity contribution in [2.24, 2.45) is 5.10 Å². The molecule has 18 heavy (non-hydrogen) atoms. The number of hydrogen-bond donors (Lipinski definition) is 2. The third-order valence-electron chi connectivity index (χ3n) is 2.38. The number of halogens is 1. The Balaban J connectivity index is 2.12. The van der Waals surface area contributed by atoms with Crippen LogP contribution in [0.4, 0.5) is 5.13 Å². The maximum absolute atomic E-state index is 9.86. The largest absolute Gasteiger partial charge is 0.507 e. The Kier molecular flexibility index (Phi) is 3.84. The van der Waals surface area contributed by atoms with Crippen LogP contribution in [0, 0.1) is 13.8 Å². The lowest BCUT2D eigenvalue weighted by molar-refractivity contribution is 0.470. The van der Waals surface area contributed by atoms with Crippen LogP contribution in [0.2, 0.25) is 5.02 Å². The van der Waals surface area contributed by atoms with Crippen LogP contribution < -0.4 is 5.43 Å². The van der Waals surface area contributed by atoms with E-state index in [0.29, 0.717) is 21.3 Å². The fraction of sp³-hybridized carbons (Fsp3) is 0.167. The van der Waals surface area contributed by atoms with Crippen molar-refractivity contribution in [2.45, 2.75) is 13.8 Å². The molecule has 0 aliphatic carbocycles. The van der Waals surface area contributed by atoms with Gasteiger partial charge in [0, 0.05) is 21.5 Å². The molecule has 0 bridgehead atoms. The molecule has 0 atom stereocenters. The zero-order valence-electron chi connectivity index (χ0n) is 9.94. The molecule has 1 heterocycles. The summed E-state index contributed by atoms with van der Waals surface area (Å²) in [5, 5.41) is 17.1. The molecule has 0 aliphatic heterocycles. The normalized spacial score (nSPS) is 11.1. The van der Waals surface area contributed by atoms with E-state index in [1.54, 1.807) is 19.1 Å². The summed E-state index contributed by atoms with van der Waals surface area (Å²) < 4.78 is 0. The molecule has 6 heteroatoms. The number of aromatic hydroxyl groups is 1. The van der Waals surface area contributed by atoms with Crippen LogP contribution in [0.1, 0.15) is 16.8 Å². The van der Waals surface area contributed by atoms with Gasteiger partial charge in [0.1, 0.15) is 5.75 Å². The molecule has 1 aromatic heterocycles. The van der Waals surface area contributed by atoms with E-state index in [-0.39, 0.29) is 5.75 Å². The molecule has 0 amide bonds. The lowest BCUT2D eigenvalue weighted by Gasteiger charge is -2.04. The van der Waals surface area contributed by atoms with Gasteiger partial charge >= 0.3 is 0 Å². The van der Waals surface area contributed by atoms with Gasteiger partial charge in [-0.3, -0.25) is 5.43 Å². The van der Waals surface area contributed by atoms with Crippen LogP contribution in [-0.4, -0.2) is 16.3 Å². The molecule has 2 aromatic rings. The highest BCUT2D eigenvalue weighted by molar-refractivity contribution is 7.13. The summed E-state index contributed by atoms with van der Waals surface area (Å²) in [6, 6.07) is 3.44. The first kappa shape index (κ1) is 12.9. The van der Waals surface area contributed by atoms with Gasteiger partial charge in [0.15, 0.2) is 0 Å². The van der Waals surface area contributed by atoms with E-state index >= 15 is 0 Å². The molecule has 0 saturated heterocycles. The van der Waals surface area contributed by atoms with Crippen LogP contribution in [0.15, 0.2) is 22.6 Å². The van der Waals surface area contributed by atoms with Gasteiger partial charge in [0.25, 0.3) is 0 Å². The van der Waals surface area contributed by atoms with Crippen LogP contribution in [0.5, 0.6) is 5.75 Å². The van der Waals surface area contributed by atoms with Gasteiger partial charge in [0.2, 0.25) is 5.13 Å². The topological polar surface area (TPSA) is 57.5 Å². The number of nitrogens with zero attached hydrogens (tertiary/aromatic N) is 2. The number of aromatic nitrogens is 1. The van der Waals surface area contributed by atoms with Crippen molar-refractivity contribution in [1.29, 1.82) is 0 Å². The highest BCUT2D eigenvalue weighted by atomic mass is 35.5. The summed E-state index contributed by atoms with van der Waals surface area (Å²) in [5.41, 5.74) is 5.01. The van der Waals surface area contributed by atoms with E-state index in [4.69, 9.17) is 11.6 Å². The van der Waals surface area contributed by atoms with Crippen molar-refractivity contribution in [3.8, 4) is 5.75 Å². The predicted molar refractivity (Wildman–Crippen MR) is 75.9 cm³/mol. The minimum atomic E-state index is 0.142. The first-order valence-electron chi connectivity index (χ1n) is 5.27. The lowest BCUT2D eigenvalue weighted by Crippen LogP contribution is -1.92. The van der Waals surface area contributed by atoms with Crippen molar-refractivity contribution >= 4 is 34.3 Å². The van der Waals surface area contributed by atoms with E-state index in [0.717, 1.165) is 5.69 Å². The average Bonchev–Trinajstić information content (AvgIpc) is 2.75. The highest BCUT2D eigenvalue weighted by Gasteiger charge is 2.05. The predicted octanol–water partition coefficient (Wildman–Crippen LogP) is 3.56. The summed E-state index contributed by atoms with van der Waals surface area (Å²) >= 11 is 7.37. The van der Waals surface area contributed by atoms with E-state index < -0.39 is 0 Å². The Hall–Kier alpha value is -1.59. The Labute approximate surface area is 114 Å². The first-order chi connectivity index (χ1) is 8.58. The van der Waals surface area contributed by atoms with Gasteiger partial charge in [-0.2, -0.15) is 5.10 Å². The summed E-state index contributed by atoms with van der Waals surface area (Å²) in [5.74, 6) is 0.142. The minimum absolute atomic E-state index is 0.142. The van der Waals surface area contributed by atoms with E-state index in [1.807, 2.05) is 12.3 Å². The maximum Gasteiger partial charge on any atom is 0.203 e. The zero-order chi connectivity index (χ0) is 13.1. The van der Waals surface area contributed by atoms with Gasteiger partial charge in [-0.1, -0.05) is 11.6 Å². The maximum atomic E-state index is 9.86. The molecule has 2 N–H and O–H groups in total. The SMILES string of the molecule is Cc1csc(NN=Cc2ccc(Cl)c(C)c2O)n1. The first-order valence-corrected chi connectivity index (χ1v) is 6.53. The molecule has 4 nitrogen and oxygen atoms in total. The number of aryl methyl sites for hydroxylation is 1. The summed E-state index contributed by atoms with van der Waals surface area (Å²) in [6.07, 6.45) is 1.54. The lowest BCUT2D eigenvalue weighted by atomic mass is 10.1. The number of benzene rings is 1. The van der Waals surface area contributed by atoms with Gasteiger partial charge in [0.05, 0.1) is 11.9 Å². The fourth-order valence-corrected chi connectivity index (χ4v) is 2.15. The van der Waals surface area contributed by atoms with E-state index in [9.17, 15) is 5.11 Å². The number of thiazole rings is 1. The Morgan fingerprint density at radius 2 is 2.22 bits per heavy atom. The van der Waals surface area contributed by atoms with E-state index in [1.165, 1.54) is 17.6 Å². The van der Waals surface area contributed by atoms with Gasteiger partial charge in [-0.15, -0.1) is 11.3 Å². The van der Waals surface area contributed by atoms with Crippen LogP contribution >= 0.6 is 22.9 Å². The molecule has 0 saturated carbocycles. The zero-order valence-corrected chi connectivity index (χ0v) is 11.5. The third kappa shape index (κ3) is 2.80. The van der Waals surface area contributed by atoms with E-state index in [2.05, 4.69) is 15.5 Å². The average molecular weight is 282 g/mol. The minimum Gasteiger partial charge on any atom is -0.507 e. The quantitative estimate of drug-likeness (QED) is 0.668. The standard InChI is InChI=1S/C12H12ClN3OS/c1-7-6-18-12(15-7)16-14-5-9-3-4-10(13)8(2)11(9)17/h3-6,17H,1-2H3,(H,15,16). The number of phenols is 1. The summed E-state index contributed by atoms with van der Waals surface area (Å²) in [6.45, 7) is 3.67. The number of phenolic OH excluding ortho intramolecular Hbond substituents is 1. The number of anilines is 1. The molecule has 0 fully saturated rings. The summed E-state index contributed by atoms with van der Waals surface area (Å²) in [4.78, 5) is 4.21. The monoisotopic (exact) mass is 281 g/mol. The number of hydrazone groups is 1. The third-order valence-corrected chi connectivity index (χ3v) is 3.65. The molecule has 0 unspecified atom stereocenters. The van der Waals surface area contributed by atoms with Crippen LogP contribution in [0.25, 0.3) is 0 Å². The second kappa shape index (κ2) is 5.37. The van der Waals surface area contributed by atoms with Crippen molar-refractivity contribution in [3.63, 3.8) is 0 Å². The second-order valence-electron chi connectivity index (χ2n) is 3.77. The van der Waals surface area contributed by atoms with Crippen molar-refractivity contribution < 1.29 is 5.11 Å². The number of rotatable bonds is 3. The molecule has 0 radical (unpaired) electrons. The molecular formula is C12H12ClN3OS. The van der Waals surface area contributed by atoms with Gasteiger partial charge in [-0.05, 0) is 26.0 Å². The Morgan fingerprint density at radius 3 is 2.89 bits per heavy atom. The van der Waals surface area contributed by atoms with Crippen molar-refractivity contribution in [3.05, 3.63) is 39.4 Å². The van der Waals surface area contributed by atoms with Crippen LogP contribution in [0.3, 0.4) is 0 Å². The molecule has 2 rings (SSSR count). The van der Waals surface area contributed by atoms with Crippen molar-refractivity contribution in [2.75, 3.05) is 5.43 Å². The Bertz CT molecular complexity index is 595. The Morgan fingerprint density at radius 1 is 1.44 bits per heavy atom. The fourth-order valence-electron chi connectivity index (χ4n) is 1.36. The molecular weight excluding hydrogens is 270 g/mol. The van der Waals surface area contributed by atoms with Crippen molar-refractivity contribution in [1.82, 2.24) is 4.98 Å². The van der Waals surface area contributed by atoms with Crippen LogP contribution in [-0.2, 0) is 0 Å². The molecule has 0 aliphatic rings. The molecule has 1 aromatic carbocycles. The number of nitrogens with one attached hydrogen (secondary N) is 1. The number of hydrogen-bond acceptors (Lipinski definition) is 5. The molecule has 0 spiro atoms. The molecule has 94 valence electrons. The van der Waals surface area contributed by atoms with Gasteiger partial charge in [-0.25, -0.2) is 4.98 Å². The second-order valence-corrected chi connectivity index (χ2v) is 5.04. The highest BCUT2D eigenvalue weighted by Crippen LogP contribution is 2.27. The smallest absolute Gasteiger partial charge is 0.203 e. The van der Waals surface area contributed by atoms with Gasteiger partial charge < -0.3 is 5.11 Å². The summed E-state index contributed by atoms with van der Waals surface area (Å²) in [7, 11) is 0.